The van der Waals surface area contributed by atoms with Crippen LogP contribution in [-0.2, 0) is 19.6 Å². The predicted molar refractivity (Wildman–Crippen MR) is 129 cm³/mol. The van der Waals surface area contributed by atoms with Gasteiger partial charge in [0.15, 0.2) is 22.7 Å². The first-order chi connectivity index (χ1) is 16.4. The van der Waals surface area contributed by atoms with Crippen LogP contribution in [0.25, 0.3) is 11.3 Å². The summed E-state index contributed by atoms with van der Waals surface area (Å²) in [7, 11) is -2.02. The van der Waals surface area contributed by atoms with Crippen molar-refractivity contribution in [1.82, 2.24) is 9.29 Å². The average Bonchev–Trinajstić information content (AvgIpc) is 3.33. The summed E-state index contributed by atoms with van der Waals surface area (Å²) in [6.07, 6.45) is -0.770. The van der Waals surface area contributed by atoms with Crippen LogP contribution in [0.2, 0.25) is 0 Å². The number of rotatable bonds is 8. The summed E-state index contributed by atoms with van der Waals surface area (Å²) in [5.41, 5.74) is 1.38. The van der Waals surface area contributed by atoms with E-state index < -0.39 is 16.1 Å². The third kappa shape index (κ3) is 5.39. The molecule has 1 aliphatic heterocycles. The van der Waals surface area contributed by atoms with Crippen molar-refractivity contribution < 1.29 is 27.4 Å². The van der Waals surface area contributed by atoms with E-state index in [9.17, 15) is 13.2 Å². The molecule has 34 heavy (non-hydrogen) atoms. The van der Waals surface area contributed by atoms with Gasteiger partial charge in [0, 0.05) is 24.0 Å². The van der Waals surface area contributed by atoms with Crippen molar-refractivity contribution in [3.05, 3.63) is 53.9 Å². The van der Waals surface area contributed by atoms with Crippen molar-refractivity contribution in [3.63, 3.8) is 0 Å². The zero-order chi connectivity index (χ0) is 24.1. The lowest BCUT2D eigenvalue weighted by molar-refractivity contribution is -0.122. The third-order valence-corrected chi connectivity index (χ3v) is 7.90. The Labute approximate surface area is 202 Å². The zero-order valence-corrected chi connectivity index (χ0v) is 20.4. The maximum atomic E-state index is 12.8. The van der Waals surface area contributed by atoms with Crippen LogP contribution < -0.4 is 14.8 Å². The van der Waals surface area contributed by atoms with E-state index >= 15 is 0 Å². The number of anilines is 1. The molecule has 4 rings (SSSR count). The summed E-state index contributed by atoms with van der Waals surface area (Å²) in [6.45, 7) is 3.13. The number of hydrogen-bond acceptors (Lipinski definition) is 8. The van der Waals surface area contributed by atoms with E-state index in [0.29, 0.717) is 48.6 Å². The monoisotopic (exact) mass is 503 g/mol. The molecule has 3 aromatic rings. The van der Waals surface area contributed by atoms with Crippen molar-refractivity contribution in [1.29, 1.82) is 0 Å². The summed E-state index contributed by atoms with van der Waals surface area (Å²) in [6, 6.07) is 13.7. The van der Waals surface area contributed by atoms with Gasteiger partial charge in [-0.2, -0.15) is 4.31 Å². The number of amides is 1. The van der Waals surface area contributed by atoms with E-state index in [1.807, 2.05) is 6.07 Å². The summed E-state index contributed by atoms with van der Waals surface area (Å²) in [5.74, 6) is 0.663. The Kier molecular flexibility index (Phi) is 7.47. The van der Waals surface area contributed by atoms with Gasteiger partial charge in [-0.3, -0.25) is 10.1 Å². The number of morpholine rings is 1. The fourth-order valence-electron chi connectivity index (χ4n) is 3.36. The van der Waals surface area contributed by atoms with Crippen molar-refractivity contribution in [2.75, 3.05) is 38.7 Å². The lowest BCUT2D eigenvalue weighted by atomic mass is 10.2. The minimum absolute atomic E-state index is 0.226. The van der Waals surface area contributed by atoms with Gasteiger partial charge in [0.05, 0.1) is 30.9 Å². The fraction of sp³-hybridized carbons (Fsp3) is 0.304. The number of nitrogens with zero attached hydrogens (tertiary/aromatic N) is 2. The Balaban J connectivity index is 1.40. The van der Waals surface area contributed by atoms with Crippen LogP contribution in [0.3, 0.4) is 0 Å². The van der Waals surface area contributed by atoms with Gasteiger partial charge in [-0.15, -0.1) is 11.3 Å². The van der Waals surface area contributed by atoms with Gasteiger partial charge in [0.2, 0.25) is 10.0 Å². The maximum Gasteiger partial charge on any atom is 0.266 e. The normalized spacial score (nSPS) is 15.5. The minimum Gasteiger partial charge on any atom is -0.493 e. The van der Waals surface area contributed by atoms with Crippen molar-refractivity contribution in [3.8, 4) is 22.8 Å². The summed E-state index contributed by atoms with van der Waals surface area (Å²) >= 11 is 1.27. The molecule has 180 valence electrons. The van der Waals surface area contributed by atoms with Gasteiger partial charge < -0.3 is 14.2 Å². The first-order valence-electron chi connectivity index (χ1n) is 10.6. The number of ether oxygens (including phenoxy) is 3. The largest absolute Gasteiger partial charge is 0.493 e. The number of para-hydroxylation sites is 2. The molecule has 1 saturated heterocycles. The molecule has 1 amide bonds. The van der Waals surface area contributed by atoms with Crippen LogP contribution in [0.1, 0.15) is 6.92 Å². The average molecular weight is 504 g/mol. The predicted octanol–water partition coefficient (Wildman–Crippen LogP) is 3.25. The molecule has 2 aromatic carbocycles. The third-order valence-electron chi connectivity index (χ3n) is 5.23. The number of hydrogen-bond donors (Lipinski definition) is 1. The van der Waals surface area contributed by atoms with E-state index in [2.05, 4.69) is 10.3 Å². The Morgan fingerprint density at radius 1 is 1.12 bits per heavy atom. The van der Waals surface area contributed by atoms with E-state index in [-0.39, 0.29) is 10.8 Å². The van der Waals surface area contributed by atoms with Crippen molar-refractivity contribution in [2.45, 2.75) is 17.9 Å². The Hall–Kier alpha value is -2.99. The maximum absolute atomic E-state index is 12.8. The summed E-state index contributed by atoms with van der Waals surface area (Å²) < 4.78 is 43.2. The quantitative estimate of drug-likeness (QED) is 0.503. The number of aromatic nitrogens is 1. The first-order valence-corrected chi connectivity index (χ1v) is 12.9. The number of methoxy groups -OCH3 is 1. The second kappa shape index (κ2) is 10.5. The van der Waals surface area contributed by atoms with Crippen molar-refractivity contribution >= 4 is 32.4 Å². The Bertz CT molecular complexity index is 1240. The Morgan fingerprint density at radius 2 is 1.79 bits per heavy atom. The number of sulfonamides is 1. The van der Waals surface area contributed by atoms with Gasteiger partial charge in [-0.05, 0) is 31.2 Å². The fourth-order valence-corrected chi connectivity index (χ4v) is 5.50. The highest BCUT2D eigenvalue weighted by molar-refractivity contribution is 7.89. The standard InChI is InChI=1S/C23H25N3O6S2/c1-16(32-21-6-4-3-5-20(21)30-2)22(27)25-23-24-19(15-33-23)17-7-9-18(10-8-17)34(28,29)26-11-13-31-14-12-26/h3-10,15-16H,11-14H2,1-2H3,(H,24,25,27)/t16-/m0/s1. The molecule has 9 nitrogen and oxygen atoms in total. The second-order valence-electron chi connectivity index (χ2n) is 7.48. The molecular weight excluding hydrogens is 478 g/mol. The molecule has 1 aromatic heterocycles. The van der Waals surface area contributed by atoms with E-state index in [1.54, 1.807) is 54.8 Å². The lowest BCUT2D eigenvalue weighted by Crippen LogP contribution is -2.40. The SMILES string of the molecule is COc1ccccc1O[C@@H](C)C(=O)Nc1nc(-c2ccc(S(=O)(=O)N3CCOCC3)cc2)cs1. The van der Waals surface area contributed by atoms with Crippen LogP contribution in [0.4, 0.5) is 5.13 Å². The van der Waals surface area contributed by atoms with Crippen LogP contribution in [0.5, 0.6) is 11.5 Å². The molecule has 0 unspecified atom stereocenters. The van der Waals surface area contributed by atoms with Gasteiger partial charge in [0.25, 0.3) is 5.91 Å². The van der Waals surface area contributed by atoms with E-state index in [0.717, 1.165) is 5.56 Å². The highest BCUT2D eigenvalue weighted by atomic mass is 32.2. The Morgan fingerprint density at radius 3 is 2.47 bits per heavy atom. The molecule has 2 heterocycles. The molecule has 11 heteroatoms. The minimum atomic E-state index is -3.56. The molecule has 0 bridgehead atoms. The van der Waals surface area contributed by atoms with Gasteiger partial charge >= 0.3 is 0 Å². The highest BCUT2D eigenvalue weighted by Gasteiger charge is 2.26. The highest BCUT2D eigenvalue weighted by Crippen LogP contribution is 2.29. The topological polar surface area (TPSA) is 107 Å². The van der Waals surface area contributed by atoms with E-state index in [4.69, 9.17) is 14.2 Å². The van der Waals surface area contributed by atoms with Crippen LogP contribution in [0, 0.1) is 0 Å². The lowest BCUT2D eigenvalue weighted by Gasteiger charge is -2.26. The van der Waals surface area contributed by atoms with Gasteiger partial charge in [-0.1, -0.05) is 24.3 Å². The number of benzene rings is 2. The number of carbonyl (C=O) groups is 1. The molecule has 0 saturated carbocycles. The van der Waals surface area contributed by atoms with Crippen molar-refractivity contribution in [2.24, 2.45) is 0 Å². The molecule has 1 N–H and O–H groups in total. The molecule has 0 spiro atoms. The summed E-state index contributed by atoms with van der Waals surface area (Å²) in [4.78, 5) is 17.3. The first kappa shape index (κ1) is 24.1. The molecule has 0 aliphatic carbocycles. The molecule has 1 aliphatic rings. The number of nitrogens with one attached hydrogen (secondary N) is 1. The summed E-state index contributed by atoms with van der Waals surface area (Å²) in [5, 5.41) is 4.97. The van der Waals surface area contributed by atoms with Crippen LogP contribution in [-0.4, -0.2) is 63.1 Å². The molecular formula is C23H25N3O6S2. The van der Waals surface area contributed by atoms with Gasteiger partial charge in [-0.25, -0.2) is 13.4 Å². The smallest absolute Gasteiger partial charge is 0.266 e. The van der Waals surface area contributed by atoms with Gasteiger partial charge in [0.1, 0.15) is 0 Å². The van der Waals surface area contributed by atoms with Crippen LogP contribution in [0.15, 0.2) is 58.8 Å². The molecule has 1 fully saturated rings. The molecule has 0 radical (unpaired) electrons. The second-order valence-corrected chi connectivity index (χ2v) is 10.3. The van der Waals surface area contributed by atoms with Crippen LogP contribution >= 0.6 is 11.3 Å². The zero-order valence-electron chi connectivity index (χ0n) is 18.8. The number of carbonyl (C=O) groups excluding carboxylic acids is 1. The number of thiazole rings is 1. The van der Waals surface area contributed by atoms with E-state index in [1.165, 1.54) is 22.8 Å². The molecule has 1 atom stereocenters.